The number of anilines is 1. The summed E-state index contributed by atoms with van der Waals surface area (Å²) in [4.78, 5) is 49.9. The molecule has 14 nitrogen and oxygen atoms in total. The number of hydroxylamine groups is 1. The summed E-state index contributed by atoms with van der Waals surface area (Å²) in [5.74, 6) is -3.75. The van der Waals surface area contributed by atoms with Crippen molar-refractivity contribution in [2.24, 2.45) is 35.5 Å². The number of aliphatic carboxylic acids is 1. The number of carbonyl (C=O) groups excluding carboxylic acids is 2. The van der Waals surface area contributed by atoms with Crippen LogP contribution >= 0.6 is 11.6 Å². The lowest BCUT2D eigenvalue weighted by Crippen LogP contribution is -2.67. The molecule has 8 rings (SSSR count). The van der Waals surface area contributed by atoms with E-state index in [4.69, 9.17) is 30.6 Å². The molecule has 2 aromatic rings. The number of rotatable bonds is 7. The van der Waals surface area contributed by atoms with E-state index in [1.165, 1.54) is 12.0 Å². The van der Waals surface area contributed by atoms with Crippen LogP contribution in [0.3, 0.4) is 0 Å². The number of para-hydroxylation sites is 3. The van der Waals surface area contributed by atoms with Gasteiger partial charge in [0.1, 0.15) is 24.4 Å². The Hall–Kier alpha value is -3.92. The van der Waals surface area contributed by atoms with Crippen LogP contribution in [0.5, 0.6) is 11.5 Å². The van der Waals surface area contributed by atoms with Crippen molar-refractivity contribution in [3.63, 3.8) is 0 Å². The van der Waals surface area contributed by atoms with E-state index in [1.807, 2.05) is 43.0 Å². The number of aliphatic hydroxyl groups is 2. The minimum Gasteiger partial charge on any atom is -0.485 e. The van der Waals surface area contributed by atoms with Gasteiger partial charge in [0.15, 0.2) is 17.7 Å². The topological polar surface area (TPSA) is 171 Å². The minimum atomic E-state index is -2.00. The van der Waals surface area contributed by atoms with Crippen molar-refractivity contribution in [1.29, 1.82) is 0 Å². The summed E-state index contributed by atoms with van der Waals surface area (Å²) in [5, 5.41) is 42.2. The van der Waals surface area contributed by atoms with E-state index >= 15 is 0 Å². The number of hydrogen-bond acceptors (Lipinski definition) is 12. The number of carboxylic acid groups (broad SMARTS) is 1. The Morgan fingerprint density at radius 1 is 1.04 bits per heavy atom. The van der Waals surface area contributed by atoms with Crippen molar-refractivity contribution in [3.05, 3.63) is 64.7 Å². The van der Waals surface area contributed by atoms with Crippen LogP contribution in [0.2, 0.25) is 5.02 Å². The van der Waals surface area contributed by atoms with Crippen molar-refractivity contribution in [1.82, 2.24) is 15.1 Å². The van der Waals surface area contributed by atoms with Gasteiger partial charge < -0.3 is 34.4 Å². The SMILES string of the molecule is CC(=O)O[C@H]1C(C)=C[C@@H]2[C@H](C(C)CN3CCN(C(=O)C4COc5ccccc5O4)CC3)CC[C@@H](C)[C@]2(O)C1[C@H]1[C@@H](C(=O)O)N[C@@H]2ON(C)c3c(Cl)cccc3[C@@]21O. The number of fused-ring (bicyclic) bond motifs is 5. The molecule has 1 saturated carbocycles. The zero-order valence-electron chi connectivity index (χ0n) is 33.0. The normalized spacial score (nSPS) is 36.6. The number of benzene rings is 2. The predicted octanol–water partition coefficient (Wildman–Crippen LogP) is 3.43. The molecule has 308 valence electrons. The number of carboxylic acids is 1. The molecule has 15 heteroatoms. The first-order chi connectivity index (χ1) is 27.1. The van der Waals surface area contributed by atoms with Crippen LogP contribution in [0.25, 0.3) is 0 Å². The van der Waals surface area contributed by atoms with Crippen molar-refractivity contribution < 1.29 is 48.8 Å². The van der Waals surface area contributed by atoms with Crippen LogP contribution in [0.15, 0.2) is 54.1 Å². The third-order valence-corrected chi connectivity index (χ3v) is 14.1. The van der Waals surface area contributed by atoms with Gasteiger partial charge in [0.25, 0.3) is 5.91 Å². The molecule has 0 aromatic heterocycles. The van der Waals surface area contributed by atoms with E-state index in [-0.39, 0.29) is 30.3 Å². The number of ether oxygens (including phenoxy) is 3. The van der Waals surface area contributed by atoms with Crippen LogP contribution in [0.1, 0.15) is 46.1 Å². The quantitative estimate of drug-likeness (QED) is 0.237. The highest BCUT2D eigenvalue weighted by molar-refractivity contribution is 6.33. The molecule has 0 radical (unpaired) electrons. The van der Waals surface area contributed by atoms with Crippen molar-refractivity contribution in [2.75, 3.05) is 51.4 Å². The van der Waals surface area contributed by atoms with E-state index in [0.717, 1.165) is 13.0 Å². The first-order valence-electron chi connectivity index (χ1n) is 20.0. The molecule has 2 aliphatic carbocycles. The Morgan fingerprint density at radius 3 is 2.46 bits per heavy atom. The van der Waals surface area contributed by atoms with Crippen LogP contribution in [0.4, 0.5) is 5.69 Å². The fourth-order valence-corrected chi connectivity index (χ4v) is 11.4. The largest absolute Gasteiger partial charge is 0.485 e. The summed E-state index contributed by atoms with van der Waals surface area (Å²) in [6.07, 6.45) is 0.530. The van der Waals surface area contributed by atoms with E-state index in [9.17, 15) is 29.7 Å². The number of carbonyl (C=O) groups is 3. The molecule has 1 amide bonds. The molecule has 57 heavy (non-hydrogen) atoms. The first kappa shape index (κ1) is 39.9. The molecule has 0 bridgehead atoms. The minimum absolute atomic E-state index is 0.0343. The molecule has 12 atom stereocenters. The summed E-state index contributed by atoms with van der Waals surface area (Å²) in [6, 6.07) is 11.0. The summed E-state index contributed by atoms with van der Waals surface area (Å²) >= 11 is 6.68. The van der Waals surface area contributed by atoms with Crippen molar-refractivity contribution in [3.8, 4) is 11.5 Å². The van der Waals surface area contributed by atoms with E-state index < -0.39 is 65.4 Å². The van der Waals surface area contributed by atoms with Gasteiger partial charge in [-0.1, -0.05) is 55.8 Å². The van der Waals surface area contributed by atoms with E-state index in [1.54, 1.807) is 31.3 Å². The highest BCUT2D eigenvalue weighted by atomic mass is 35.5. The molecule has 6 aliphatic rings. The zero-order chi connectivity index (χ0) is 40.6. The van der Waals surface area contributed by atoms with Gasteiger partial charge in [-0.05, 0) is 61.3 Å². The van der Waals surface area contributed by atoms with Gasteiger partial charge in [-0.15, -0.1) is 0 Å². The van der Waals surface area contributed by atoms with Crippen molar-refractivity contribution >= 4 is 35.1 Å². The van der Waals surface area contributed by atoms with Crippen LogP contribution in [-0.4, -0.2) is 119 Å². The number of nitrogens with zero attached hydrogens (tertiary/aromatic N) is 3. The van der Waals surface area contributed by atoms with Gasteiger partial charge in [0, 0.05) is 70.0 Å². The summed E-state index contributed by atoms with van der Waals surface area (Å²) in [5.41, 5.74) is -2.15. The standard InChI is InChI=1S/C42H53ClN4O10/c1-22-19-28-26(23(2)20-46-15-17-47(18-16-46)38(49)32-21-54-30-11-6-7-12-31(30)56-32)14-13-24(3)41(28,52)34(37(22)55-25(4)48)33-35(39(50)51)44-40-42(33,53)27-9-8-10-29(43)36(27)45(5)57-40/h6-12,19,23-24,26,28,32-35,37,40,44,52-53H,13-18,20-21H2,1-5H3,(H,50,51)/t23?,24-,26+,28-,32?,33+,34?,35+,37+,40-,41-,42+/m1/s1. The molecular weight excluding hydrogens is 756 g/mol. The van der Waals surface area contributed by atoms with Gasteiger partial charge in [-0.3, -0.25) is 34.5 Å². The van der Waals surface area contributed by atoms with Crippen LogP contribution in [-0.2, 0) is 29.6 Å². The Balaban J connectivity index is 1.07. The van der Waals surface area contributed by atoms with Crippen LogP contribution in [0, 0.1) is 35.5 Å². The lowest BCUT2D eigenvalue weighted by Gasteiger charge is -2.60. The molecule has 4 N–H and O–H groups in total. The van der Waals surface area contributed by atoms with Crippen LogP contribution < -0.4 is 19.9 Å². The monoisotopic (exact) mass is 808 g/mol. The second-order valence-corrected chi connectivity index (χ2v) is 17.3. The highest BCUT2D eigenvalue weighted by Gasteiger charge is 2.71. The van der Waals surface area contributed by atoms with Gasteiger partial charge in [-0.25, -0.2) is 0 Å². The number of piperazine rings is 1. The molecule has 3 fully saturated rings. The molecule has 3 unspecified atom stereocenters. The number of nitrogens with one attached hydrogen (secondary N) is 1. The number of halogens is 1. The first-order valence-corrected chi connectivity index (χ1v) is 20.4. The summed E-state index contributed by atoms with van der Waals surface area (Å²) in [6.45, 7) is 10.6. The Bertz CT molecular complexity index is 1940. The maximum absolute atomic E-state index is 13.5. The fraction of sp³-hybridized carbons (Fsp3) is 0.595. The summed E-state index contributed by atoms with van der Waals surface area (Å²) in [7, 11) is 1.64. The predicted molar refractivity (Wildman–Crippen MR) is 208 cm³/mol. The maximum Gasteiger partial charge on any atom is 0.321 e. The smallest absolute Gasteiger partial charge is 0.321 e. The van der Waals surface area contributed by atoms with Gasteiger partial charge in [0.05, 0.1) is 16.3 Å². The van der Waals surface area contributed by atoms with E-state index in [0.29, 0.717) is 65.9 Å². The second kappa shape index (κ2) is 15.0. The molecule has 2 aromatic carbocycles. The van der Waals surface area contributed by atoms with Gasteiger partial charge in [-0.2, -0.15) is 0 Å². The Labute approximate surface area is 337 Å². The third kappa shape index (κ3) is 6.56. The van der Waals surface area contributed by atoms with Crippen molar-refractivity contribution in [2.45, 2.75) is 76.2 Å². The molecule has 4 heterocycles. The number of esters is 1. The highest BCUT2D eigenvalue weighted by Crippen LogP contribution is 2.62. The number of hydrogen-bond donors (Lipinski definition) is 4. The zero-order valence-corrected chi connectivity index (χ0v) is 33.7. The second-order valence-electron chi connectivity index (χ2n) is 16.9. The average molecular weight is 809 g/mol. The van der Waals surface area contributed by atoms with E-state index in [2.05, 4.69) is 17.1 Å². The van der Waals surface area contributed by atoms with Gasteiger partial charge in [0.2, 0.25) is 6.10 Å². The molecule has 4 aliphatic heterocycles. The molecule has 2 saturated heterocycles. The van der Waals surface area contributed by atoms with Gasteiger partial charge >= 0.3 is 11.9 Å². The lowest BCUT2D eigenvalue weighted by molar-refractivity contribution is -0.227. The Morgan fingerprint density at radius 2 is 1.75 bits per heavy atom. The lowest BCUT2D eigenvalue weighted by atomic mass is 9.49. The molecular formula is C42H53ClN4O10. The Kier molecular flexibility index (Phi) is 10.5. The average Bonchev–Trinajstić information content (AvgIpc) is 3.48. The molecule has 0 spiro atoms. The fourth-order valence-electron chi connectivity index (χ4n) is 11.1. The summed E-state index contributed by atoms with van der Waals surface area (Å²) < 4.78 is 17.9. The number of amides is 1. The third-order valence-electron chi connectivity index (χ3n) is 13.8. The maximum atomic E-state index is 13.5.